The van der Waals surface area contributed by atoms with E-state index in [2.05, 4.69) is 11.8 Å². The van der Waals surface area contributed by atoms with Gasteiger partial charge in [-0.1, -0.05) is 11.8 Å². The average molecular weight is 436 g/mol. The van der Waals surface area contributed by atoms with Crippen molar-refractivity contribution in [1.82, 2.24) is 0 Å². The van der Waals surface area contributed by atoms with Crippen LogP contribution in [0.25, 0.3) is 0 Å². The Hall–Kier alpha value is -3.02. The standard InChI is InChI=1S/C23H23F3O5/c1-2-30-12-13-31-11-3-4-18-14-19(22(28)29)8-6-16(18)5-7-17-9-10-20(27)15-21(17)23(24,25)26/h6,8-10,14-15,27H,2-4,11-13H2,1H3,(H,28,29). The quantitative estimate of drug-likeness (QED) is 0.447. The number of carboxylic acids is 1. The van der Waals surface area contributed by atoms with E-state index in [1.165, 1.54) is 18.2 Å². The molecular formula is C23H23F3O5. The number of carboxylic acid groups (broad SMARTS) is 1. The number of halogens is 3. The lowest BCUT2D eigenvalue weighted by molar-refractivity contribution is -0.137. The van der Waals surface area contributed by atoms with Gasteiger partial charge in [-0.05, 0) is 61.7 Å². The molecule has 0 bridgehead atoms. The molecule has 0 atom stereocenters. The fourth-order valence-corrected chi connectivity index (χ4v) is 2.79. The third-order valence-corrected chi connectivity index (χ3v) is 4.30. The molecule has 0 saturated heterocycles. The van der Waals surface area contributed by atoms with Crippen LogP contribution in [-0.2, 0) is 22.1 Å². The van der Waals surface area contributed by atoms with Crippen LogP contribution < -0.4 is 0 Å². The van der Waals surface area contributed by atoms with Gasteiger partial charge in [0.15, 0.2) is 0 Å². The zero-order chi connectivity index (χ0) is 22.9. The fourth-order valence-electron chi connectivity index (χ4n) is 2.79. The molecule has 2 N–H and O–H groups in total. The van der Waals surface area contributed by atoms with Gasteiger partial charge in [-0.3, -0.25) is 0 Å². The smallest absolute Gasteiger partial charge is 0.417 e. The van der Waals surface area contributed by atoms with Gasteiger partial charge in [-0.25, -0.2) is 4.79 Å². The lowest BCUT2D eigenvalue weighted by atomic mass is 9.99. The minimum absolute atomic E-state index is 0.0680. The Morgan fingerprint density at radius 1 is 1.00 bits per heavy atom. The summed E-state index contributed by atoms with van der Waals surface area (Å²) in [6.45, 7) is 3.83. The minimum Gasteiger partial charge on any atom is -0.508 e. The molecule has 0 fully saturated rings. The van der Waals surface area contributed by atoms with E-state index in [1.807, 2.05) is 6.92 Å². The van der Waals surface area contributed by atoms with E-state index in [0.717, 1.165) is 12.1 Å². The number of aromatic carboxylic acids is 1. The summed E-state index contributed by atoms with van der Waals surface area (Å²) in [6.07, 6.45) is -3.64. The van der Waals surface area contributed by atoms with E-state index in [1.54, 1.807) is 0 Å². The molecule has 5 nitrogen and oxygen atoms in total. The number of alkyl halides is 3. The molecule has 0 heterocycles. The summed E-state index contributed by atoms with van der Waals surface area (Å²) in [6, 6.07) is 7.16. The topological polar surface area (TPSA) is 76.0 Å². The van der Waals surface area contributed by atoms with E-state index < -0.39 is 23.5 Å². The van der Waals surface area contributed by atoms with E-state index in [-0.39, 0.29) is 11.1 Å². The van der Waals surface area contributed by atoms with Crippen molar-refractivity contribution in [3.63, 3.8) is 0 Å². The Balaban J connectivity index is 2.23. The second-order valence-electron chi connectivity index (χ2n) is 6.57. The third-order valence-electron chi connectivity index (χ3n) is 4.30. The number of carbonyl (C=O) groups is 1. The van der Waals surface area contributed by atoms with Crippen molar-refractivity contribution in [2.75, 3.05) is 26.4 Å². The first-order valence-electron chi connectivity index (χ1n) is 9.66. The maximum Gasteiger partial charge on any atom is 0.417 e. The van der Waals surface area contributed by atoms with Gasteiger partial charge in [-0.15, -0.1) is 0 Å². The van der Waals surface area contributed by atoms with Gasteiger partial charge in [0.05, 0.1) is 24.3 Å². The van der Waals surface area contributed by atoms with E-state index >= 15 is 0 Å². The zero-order valence-corrected chi connectivity index (χ0v) is 17.0. The molecule has 0 aromatic heterocycles. The van der Waals surface area contributed by atoms with Crippen LogP contribution in [0.1, 0.15) is 46.0 Å². The normalized spacial score (nSPS) is 11.1. The highest BCUT2D eigenvalue weighted by Gasteiger charge is 2.33. The van der Waals surface area contributed by atoms with Crippen molar-refractivity contribution in [2.24, 2.45) is 0 Å². The van der Waals surface area contributed by atoms with Crippen LogP contribution in [0.5, 0.6) is 5.75 Å². The average Bonchev–Trinajstić information content (AvgIpc) is 2.71. The second kappa shape index (κ2) is 11.4. The summed E-state index contributed by atoms with van der Waals surface area (Å²) in [7, 11) is 0. The van der Waals surface area contributed by atoms with Crippen LogP contribution in [0.3, 0.4) is 0 Å². The molecule has 0 saturated carbocycles. The number of hydrogen-bond acceptors (Lipinski definition) is 4. The van der Waals surface area contributed by atoms with Crippen molar-refractivity contribution in [1.29, 1.82) is 0 Å². The number of aryl methyl sites for hydroxylation is 1. The van der Waals surface area contributed by atoms with Crippen molar-refractivity contribution in [3.8, 4) is 17.6 Å². The highest BCUT2D eigenvalue weighted by Crippen LogP contribution is 2.33. The summed E-state index contributed by atoms with van der Waals surface area (Å²) in [5.74, 6) is 3.60. The number of rotatable bonds is 9. The van der Waals surface area contributed by atoms with Crippen molar-refractivity contribution in [2.45, 2.75) is 25.9 Å². The Bertz CT molecular complexity index is 958. The van der Waals surface area contributed by atoms with Crippen LogP contribution >= 0.6 is 0 Å². The van der Waals surface area contributed by atoms with Crippen LogP contribution in [0, 0.1) is 11.8 Å². The highest BCUT2D eigenvalue weighted by atomic mass is 19.4. The number of benzene rings is 2. The molecular weight excluding hydrogens is 413 g/mol. The van der Waals surface area contributed by atoms with E-state index in [9.17, 15) is 28.2 Å². The maximum atomic E-state index is 13.2. The summed E-state index contributed by atoms with van der Waals surface area (Å²) in [4.78, 5) is 11.3. The molecule has 0 aliphatic carbocycles. The monoisotopic (exact) mass is 436 g/mol. The number of ether oxygens (including phenoxy) is 2. The third kappa shape index (κ3) is 7.63. The molecule has 2 aromatic rings. The number of hydrogen-bond donors (Lipinski definition) is 2. The van der Waals surface area contributed by atoms with Crippen molar-refractivity contribution < 1.29 is 37.7 Å². The highest BCUT2D eigenvalue weighted by molar-refractivity contribution is 5.88. The van der Waals surface area contributed by atoms with Gasteiger partial charge in [0.1, 0.15) is 5.75 Å². The molecule has 0 unspecified atom stereocenters. The van der Waals surface area contributed by atoms with Gasteiger partial charge >= 0.3 is 12.1 Å². The van der Waals surface area contributed by atoms with Gasteiger partial charge in [0.2, 0.25) is 0 Å². The first-order chi connectivity index (χ1) is 14.7. The Kier molecular flexibility index (Phi) is 8.91. The van der Waals surface area contributed by atoms with Crippen LogP contribution in [0.4, 0.5) is 13.2 Å². The molecule has 2 rings (SSSR count). The summed E-state index contributed by atoms with van der Waals surface area (Å²) >= 11 is 0. The first-order valence-corrected chi connectivity index (χ1v) is 9.66. The number of phenolic OH excluding ortho intramolecular Hbond substituents is 1. The summed E-state index contributed by atoms with van der Waals surface area (Å²) < 4.78 is 50.3. The molecule has 31 heavy (non-hydrogen) atoms. The second-order valence-corrected chi connectivity index (χ2v) is 6.57. The Morgan fingerprint density at radius 3 is 2.35 bits per heavy atom. The van der Waals surface area contributed by atoms with Crippen molar-refractivity contribution in [3.05, 3.63) is 64.2 Å². The van der Waals surface area contributed by atoms with Gasteiger partial charge in [0.25, 0.3) is 0 Å². The molecule has 2 aromatic carbocycles. The Labute approximate surface area is 178 Å². The van der Waals surface area contributed by atoms with Gasteiger partial charge in [0, 0.05) is 24.3 Å². The summed E-state index contributed by atoms with van der Waals surface area (Å²) in [5, 5.41) is 18.6. The summed E-state index contributed by atoms with van der Waals surface area (Å²) in [5.41, 5.74) is -0.212. The molecule has 8 heteroatoms. The lowest BCUT2D eigenvalue weighted by Crippen LogP contribution is -2.07. The maximum absolute atomic E-state index is 13.2. The predicted molar refractivity (Wildman–Crippen MR) is 108 cm³/mol. The van der Waals surface area contributed by atoms with E-state index in [0.29, 0.717) is 56.5 Å². The molecule has 166 valence electrons. The van der Waals surface area contributed by atoms with Crippen molar-refractivity contribution >= 4 is 5.97 Å². The predicted octanol–water partition coefficient (Wildman–Crippen LogP) is 4.49. The molecule has 0 radical (unpaired) electrons. The molecule has 0 aliphatic heterocycles. The fraction of sp³-hybridized carbons (Fsp3) is 0.348. The van der Waals surface area contributed by atoms with Gasteiger partial charge in [-0.2, -0.15) is 13.2 Å². The van der Waals surface area contributed by atoms with Crippen LogP contribution in [-0.4, -0.2) is 42.6 Å². The molecule has 0 spiro atoms. The van der Waals surface area contributed by atoms with E-state index in [4.69, 9.17) is 9.47 Å². The van der Waals surface area contributed by atoms with Crippen LogP contribution in [0.15, 0.2) is 36.4 Å². The minimum atomic E-state index is -4.67. The molecule has 0 amide bonds. The van der Waals surface area contributed by atoms with Crippen LogP contribution in [0.2, 0.25) is 0 Å². The number of phenols is 1. The van der Waals surface area contributed by atoms with Gasteiger partial charge < -0.3 is 19.7 Å². The Morgan fingerprint density at radius 2 is 1.68 bits per heavy atom. The molecule has 0 aliphatic rings. The first kappa shape index (κ1) is 24.3. The number of aromatic hydroxyl groups is 1. The zero-order valence-electron chi connectivity index (χ0n) is 17.0. The SMILES string of the molecule is CCOCCOCCCc1cc(C(=O)O)ccc1C#Cc1ccc(O)cc1C(F)(F)F. The largest absolute Gasteiger partial charge is 0.508 e. The lowest BCUT2D eigenvalue weighted by Gasteiger charge is -2.10.